The summed E-state index contributed by atoms with van der Waals surface area (Å²) in [6.07, 6.45) is -4.70. The molecule has 0 amide bonds. The third kappa shape index (κ3) is 5.75. The maximum absolute atomic E-state index is 13.2. The molecule has 148 valence electrons. The van der Waals surface area contributed by atoms with Gasteiger partial charge in [0, 0.05) is 12.6 Å². The van der Waals surface area contributed by atoms with E-state index in [0.29, 0.717) is 11.6 Å². The van der Waals surface area contributed by atoms with E-state index in [4.69, 9.17) is 0 Å². The van der Waals surface area contributed by atoms with Crippen molar-refractivity contribution < 1.29 is 27.1 Å². The molecule has 0 unspecified atom stereocenters. The van der Waals surface area contributed by atoms with Crippen molar-refractivity contribution in [2.24, 2.45) is 5.92 Å². The van der Waals surface area contributed by atoms with Crippen LogP contribution in [0.25, 0.3) is 0 Å². The number of alkyl halides is 3. The highest BCUT2D eigenvalue weighted by Gasteiger charge is 2.34. The van der Waals surface area contributed by atoms with Crippen LogP contribution in [0.3, 0.4) is 0 Å². The summed E-state index contributed by atoms with van der Waals surface area (Å²) in [7, 11) is 0. The summed E-state index contributed by atoms with van der Waals surface area (Å²) in [5.41, 5.74) is -0.848. The van der Waals surface area contributed by atoms with E-state index in [0.717, 1.165) is 12.1 Å². The number of halogens is 5. The second-order valence-corrected chi connectivity index (χ2v) is 6.24. The molecule has 0 spiro atoms. The number of benzene rings is 1. The number of nitrogens with zero attached hydrogens (tertiary/aromatic N) is 2. The van der Waals surface area contributed by atoms with E-state index < -0.39 is 29.5 Å². The fraction of sp³-hybridized carbons (Fsp3) is 0.412. The maximum atomic E-state index is 13.2. The lowest BCUT2D eigenvalue weighted by molar-refractivity contribution is -0.141. The zero-order valence-corrected chi connectivity index (χ0v) is 14.6. The Hall–Kier alpha value is -2.49. The lowest BCUT2D eigenvalue weighted by Crippen LogP contribution is -2.30. The number of hydrogen-bond acceptors (Lipinski definition) is 5. The Kier molecular flexibility index (Phi) is 6.53. The number of aliphatic hydroxyl groups is 1. The van der Waals surface area contributed by atoms with Crippen LogP contribution in [-0.2, 0) is 12.7 Å². The molecule has 5 nitrogen and oxygen atoms in total. The van der Waals surface area contributed by atoms with E-state index in [1.165, 1.54) is 6.07 Å². The predicted octanol–water partition coefficient (Wildman–Crippen LogP) is 3.81. The molecule has 0 aliphatic carbocycles. The number of rotatable bonds is 7. The molecule has 0 aliphatic heterocycles. The normalized spacial score (nSPS) is 12.9. The van der Waals surface area contributed by atoms with Gasteiger partial charge in [0.2, 0.25) is 5.95 Å². The first-order valence-electron chi connectivity index (χ1n) is 8.11. The molecular weight excluding hydrogens is 371 g/mol. The fourth-order valence-corrected chi connectivity index (χ4v) is 2.18. The fourth-order valence-electron chi connectivity index (χ4n) is 2.18. The highest BCUT2D eigenvalue weighted by Crippen LogP contribution is 2.30. The zero-order valence-electron chi connectivity index (χ0n) is 14.6. The highest BCUT2D eigenvalue weighted by atomic mass is 19.4. The van der Waals surface area contributed by atoms with Gasteiger partial charge in [-0.1, -0.05) is 19.9 Å². The largest absolute Gasteiger partial charge is 0.433 e. The van der Waals surface area contributed by atoms with Gasteiger partial charge in [0.25, 0.3) is 0 Å². The van der Waals surface area contributed by atoms with Crippen LogP contribution < -0.4 is 10.6 Å². The Bertz CT molecular complexity index is 782. The van der Waals surface area contributed by atoms with Crippen molar-refractivity contribution in [2.45, 2.75) is 32.6 Å². The molecule has 1 heterocycles. The van der Waals surface area contributed by atoms with E-state index in [1.54, 1.807) is 13.8 Å². The van der Waals surface area contributed by atoms with Gasteiger partial charge < -0.3 is 15.7 Å². The van der Waals surface area contributed by atoms with Gasteiger partial charge in [0.15, 0.2) is 17.3 Å². The Labute approximate surface area is 152 Å². The molecule has 0 radical (unpaired) electrons. The minimum Gasteiger partial charge on any atom is -0.394 e. The third-order valence-electron chi connectivity index (χ3n) is 3.79. The molecule has 1 atom stereocenters. The van der Waals surface area contributed by atoms with Crippen LogP contribution in [0, 0.1) is 17.6 Å². The molecule has 1 aromatic heterocycles. The molecule has 0 aliphatic rings. The van der Waals surface area contributed by atoms with Gasteiger partial charge in [0.05, 0.1) is 12.6 Å². The van der Waals surface area contributed by atoms with Gasteiger partial charge in [0.1, 0.15) is 5.82 Å². The molecule has 27 heavy (non-hydrogen) atoms. The number of aromatic nitrogens is 2. The van der Waals surface area contributed by atoms with Crippen molar-refractivity contribution in [1.29, 1.82) is 0 Å². The minimum absolute atomic E-state index is 0.0709. The Balaban J connectivity index is 2.25. The Morgan fingerprint density at radius 1 is 1.07 bits per heavy atom. The third-order valence-corrected chi connectivity index (χ3v) is 3.79. The van der Waals surface area contributed by atoms with Crippen LogP contribution >= 0.6 is 0 Å². The van der Waals surface area contributed by atoms with Crippen LogP contribution in [0.1, 0.15) is 25.1 Å². The highest BCUT2D eigenvalue weighted by molar-refractivity contribution is 5.44. The van der Waals surface area contributed by atoms with E-state index in [9.17, 15) is 27.1 Å². The summed E-state index contributed by atoms with van der Waals surface area (Å²) in [4.78, 5) is 7.41. The summed E-state index contributed by atoms with van der Waals surface area (Å²) in [5.74, 6) is -2.60. The van der Waals surface area contributed by atoms with E-state index >= 15 is 0 Å². The molecule has 2 aromatic rings. The minimum atomic E-state index is -4.70. The van der Waals surface area contributed by atoms with E-state index in [1.807, 2.05) is 0 Å². The molecule has 1 aromatic carbocycles. The maximum Gasteiger partial charge on any atom is 0.433 e. The molecule has 0 saturated heterocycles. The summed E-state index contributed by atoms with van der Waals surface area (Å²) < 4.78 is 65.5. The van der Waals surface area contributed by atoms with Crippen molar-refractivity contribution in [3.63, 3.8) is 0 Å². The quantitative estimate of drug-likeness (QED) is 0.627. The van der Waals surface area contributed by atoms with Crippen molar-refractivity contribution in [2.75, 3.05) is 17.2 Å². The van der Waals surface area contributed by atoms with Crippen LogP contribution in [-0.4, -0.2) is 27.7 Å². The molecular formula is C17H19F5N4O. The van der Waals surface area contributed by atoms with Crippen molar-refractivity contribution in [1.82, 2.24) is 9.97 Å². The standard InChI is InChI=1S/C17H19F5N4O/c1-9(2)13(8-27)24-16-25-14(17(20,21)22)6-15(26-16)23-7-10-3-4-11(18)12(19)5-10/h3-6,9,13,27H,7-8H2,1-2H3,(H2,23,24,25,26)/t13-/m1/s1. The summed E-state index contributed by atoms with van der Waals surface area (Å²) in [6, 6.07) is 3.35. The first kappa shape index (κ1) is 20.8. The molecule has 3 N–H and O–H groups in total. The monoisotopic (exact) mass is 390 g/mol. The average molecular weight is 390 g/mol. The summed E-state index contributed by atoms with van der Waals surface area (Å²) in [5, 5.41) is 14.6. The molecule has 0 fully saturated rings. The molecule has 2 rings (SSSR count). The second-order valence-electron chi connectivity index (χ2n) is 6.24. The van der Waals surface area contributed by atoms with Crippen LogP contribution in [0.15, 0.2) is 24.3 Å². The van der Waals surface area contributed by atoms with Crippen LogP contribution in [0.5, 0.6) is 0 Å². The van der Waals surface area contributed by atoms with Crippen LogP contribution in [0.4, 0.5) is 33.7 Å². The van der Waals surface area contributed by atoms with Crippen molar-refractivity contribution >= 4 is 11.8 Å². The predicted molar refractivity (Wildman–Crippen MR) is 90.1 cm³/mol. The molecule has 10 heteroatoms. The van der Waals surface area contributed by atoms with Gasteiger partial charge in [-0.2, -0.15) is 18.2 Å². The number of nitrogens with one attached hydrogen (secondary N) is 2. The van der Waals surface area contributed by atoms with Gasteiger partial charge in [-0.25, -0.2) is 13.8 Å². The molecule has 0 bridgehead atoms. The lowest BCUT2D eigenvalue weighted by atomic mass is 10.1. The number of anilines is 2. The number of hydrogen-bond donors (Lipinski definition) is 3. The summed E-state index contributed by atoms with van der Waals surface area (Å²) in [6.45, 7) is 3.18. The smallest absolute Gasteiger partial charge is 0.394 e. The summed E-state index contributed by atoms with van der Waals surface area (Å²) >= 11 is 0. The topological polar surface area (TPSA) is 70.1 Å². The lowest BCUT2D eigenvalue weighted by Gasteiger charge is -2.21. The van der Waals surface area contributed by atoms with Gasteiger partial charge in [-0.3, -0.25) is 0 Å². The number of aliphatic hydroxyl groups excluding tert-OH is 1. The Morgan fingerprint density at radius 3 is 2.33 bits per heavy atom. The molecule has 0 saturated carbocycles. The van der Waals surface area contributed by atoms with E-state index in [-0.39, 0.29) is 30.8 Å². The first-order chi connectivity index (χ1) is 12.6. The van der Waals surface area contributed by atoms with Gasteiger partial charge in [-0.05, 0) is 23.6 Å². The zero-order chi connectivity index (χ0) is 20.2. The Morgan fingerprint density at radius 2 is 1.78 bits per heavy atom. The van der Waals surface area contributed by atoms with Gasteiger partial charge in [-0.15, -0.1) is 0 Å². The average Bonchev–Trinajstić information content (AvgIpc) is 2.59. The SMILES string of the molecule is CC(C)[C@@H](CO)Nc1nc(NCc2ccc(F)c(F)c2)cc(C(F)(F)F)n1. The van der Waals surface area contributed by atoms with Crippen molar-refractivity contribution in [3.8, 4) is 0 Å². The van der Waals surface area contributed by atoms with E-state index in [2.05, 4.69) is 20.6 Å². The second kappa shape index (κ2) is 8.47. The first-order valence-corrected chi connectivity index (χ1v) is 8.11. The van der Waals surface area contributed by atoms with Crippen LogP contribution in [0.2, 0.25) is 0 Å². The van der Waals surface area contributed by atoms with Gasteiger partial charge >= 0.3 is 6.18 Å². The van der Waals surface area contributed by atoms with Crippen molar-refractivity contribution in [3.05, 3.63) is 47.2 Å².